The fraction of sp³-hybridized carbons (Fsp3) is 0.562. The van der Waals surface area contributed by atoms with Crippen LogP contribution < -0.4 is 4.74 Å². The highest BCUT2D eigenvalue weighted by molar-refractivity contribution is 5.42. The lowest BCUT2D eigenvalue weighted by atomic mass is 10.2. The molecule has 1 aromatic carbocycles. The third-order valence-corrected chi connectivity index (χ3v) is 3.80. The molecule has 0 amide bonds. The molecule has 0 aliphatic carbocycles. The molecule has 2 rings (SSSR count). The Hall–Kier alpha value is -1.57. The first-order chi connectivity index (χ1) is 9.83. The molecule has 1 heterocycles. The molecule has 0 N–H and O–H groups in total. The van der Waals surface area contributed by atoms with E-state index in [1.54, 1.807) is 6.07 Å². The van der Waals surface area contributed by atoms with E-state index in [1.807, 2.05) is 18.2 Å². The third-order valence-electron chi connectivity index (χ3n) is 3.80. The zero-order valence-corrected chi connectivity index (χ0v) is 12.2. The molecular formula is C16H23N3O. The second-order valence-electron chi connectivity index (χ2n) is 5.09. The van der Waals surface area contributed by atoms with Gasteiger partial charge in [0.05, 0.1) is 12.2 Å². The Balaban J connectivity index is 1.66. The van der Waals surface area contributed by atoms with Gasteiger partial charge in [0.1, 0.15) is 11.8 Å². The maximum atomic E-state index is 8.98. The highest BCUT2D eigenvalue weighted by atomic mass is 16.5. The smallest absolute Gasteiger partial charge is 0.137 e. The molecule has 20 heavy (non-hydrogen) atoms. The molecule has 108 valence electrons. The molecule has 0 radical (unpaired) electrons. The highest BCUT2D eigenvalue weighted by Crippen LogP contribution is 2.16. The van der Waals surface area contributed by atoms with Gasteiger partial charge in [0, 0.05) is 32.7 Å². The first-order valence-corrected chi connectivity index (χ1v) is 7.40. The van der Waals surface area contributed by atoms with Crippen LogP contribution in [-0.4, -0.2) is 55.7 Å². The lowest BCUT2D eigenvalue weighted by molar-refractivity contribution is 0.130. The summed E-state index contributed by atoms with van der Waals surface area (Å²) < 4.78 is 5.70. The Morgan fingerprint density at radius 2 is 1.85 bits per heavy atom. The molecule has 0 bridgehead atoms. The fourth-order valence-corrected chi connectivity index (χ4v) is 2.48. The zero-order valence-electron chi connectivity index (χ0n) is 12.2. The van der Waals surface area contributed by atoms with Gasteiger partial charge in [0.15, 0.2) is 0 Å². The Morgan fingerprint density at radius 1 is 1.15 bits per heavy atom. The number of benzene rings is 1. The lowest BCUT2D eigenvalue weighted by Gasteiger charge is -2.33. The summed E-state index contributed by atoms with van der Waals surface area (Å²) in [5, 5.41) is 8.98. The number of hydrogen-bond acceptors (Lipinski definition) is 4. The van der Waals surface area contributed by atoms with Gasteiger partial charge in [-0.05, 0) is 25.1 Å². The van der Waals surface area contributed by atoms with E-state index in [0.717, 1.165) is 32.6 Å². The normalized spacial score (nSPS) is 16.8. The fourth-order valence-electron chi connectivity index (χ4n) is 2.48. The molecule has 4 heteroatoms. The van der Waals surface area contributed by atoms with Crippen LogP contribution in [-0.2, 0) is 0 Å². The lowest BCUT2D eigenvalue weighted by Crippen LogP contribution is -2.46. The van der Waals surface area contributed by atoms with E-state index >= 15 is 0 Å². The van der Waals surface area contributed by atoms with E-state index in [9.17, 15) is 0 Å². The van der Waals surface area contributed by atoms with Crippen molar-refractivity contribution in [1.29, 1.82) is 5.26 Å². The van der Waals surface area contributed by atoms with Crippen molar-refractivity contribution in [1.82, 2.24) is 9.80 Å². The van der Waals surface area contributed by atoms with Gasteiger partial charge in [-0.2, -0.15) is 5.26 Å². The van der Waals surface area contributed by atoms with E-state index in [2.05, 4.69) is 22.8 Å². The van der Waals surface area contributed by atoms with Crippen LogP contribution in [0.15, 0.2) is 24.3 Å². The second kappa shape index (κ2) is 7.88. The van der Waals surface area contributed by atoms with Gasteiger partial charge in [-0.3, -0.25) is 0 Å². The highest BCUT2D eigenvalue weighted by Gasteiger charge is 2.14. The molecule has 0 spiro atoms. The molecule has 0 saturated carbocycles. The first-order valence-electron chi connectivity index (χ1n) is 7.40. The molecule has 0 unspecified atom stereocenters. The SMILES string of the molecule is CCN1CCN(CCCOc2ccccc2C#N)CC1. The van der Waals surface area contributed by atoms with E-state index in [0.29, 0.717) is 17.9 Å². The van der Waals surface area contributed by atoms with Crippen molar-refractivity contribution in [3.05, 3.63) is 29.8 Å². The molecule has 1 aromatic rings. The second-order valence-corrected chi connectivity index (χ2v) is 5.09. The minimum absolute atomic E-state index is 0.615. The van der Waals surface area contributed by atoms with E-state index < -0.39 is 0 Å². The van der Waals surface area contributed by atoms with Gasteiger partial charge in [-0.15, -0.1) is 0 Å². The molecule has 0 aromatic heterocycles. The predicted molar refractivity (Wildman–Crippen MR) is 79.8 cm³/mol. The largest absolute Gasteiger partial charge is 0.492 e. The topological polar surface area (TPSA) is 39.5 Å². The average Bonchev–Trinajstić information content (AvgIpc) is 2.52. The summed E-state index contributed by atoms with van der Waals surface area (Å²) in [5.74, 6) is 0.700. The van der Waals surface area contributed by atoms with Gasteiger partial charge in [-0.1, -0.05) is 19.1 Å². The number of rotatable bonds is 6. The van der Waals surface area contributed by atoms with Crippen molar-refractivity contribution in [3.8, 4) is 11.8 Å². The summed E-state index contributed by atoms with van der Waals surface area (Å²) in [4.78, 5) is 4.97. The molecule has 1 aliphatic heterocycles. The van der Waals surface area contributed by atoms with E-state index in [-0.39, 0.29) is 0 Å². The van der Waals surface area contributed by atoms with Crippen LogP contribution in [0.5, 0.6) is 5.75 Å². The number of hydrogen-bond donors (Lipinski definition) is 0. The summed E-state index contributed by atoms with van der Waals surface area (Å²) >= 11 is 0. The molecular weight excluding hydrogens is 250 g/mol. The maximum Gasteiger partial charge on any atom is 0.137 e. The van der Waals surface area contributed by atoms with Crippen LogP contribution in [0.1, 0.15) is 18.9 Å². The van der Waals surface area contributed by atoms with Crippen molar-refractivity contribution >= 4 is 0 Å². The standard InChI is InChI=1S/C16H23N3O/c1-2-18-9-11-19(12-10-18)8-5-13-20-16-7-4-3-6-15(16)14-17/h3-4,6-7H,2,5,8-13H2,1H3. The quantitative estimate of drug-likeness (QED) is 0.743. The molecule has 1 aliphatic rings. The number of ether oxygens (including phenoxy) is 1. The Morgan fingerprint density at radius 3 is 2.55 bits per heavy atom. The molecule has 1 fully saturated rings. The van der Waals surface area contributed by atoms with Gasteiger partial charge < -0.3 is 14.5 Å². The van der Waals surface area contributed by atoms with E-state index in [4.69, 9.17) is 10.00 Å². The number of piperazine rings is 1. The summed E-state index contributed by atoms with van der Waals surface area (Å²) in [5.41, 5.74) is 0.615. The molecule has 4 nitrogen and oxygen atoms in total. The van der Waals surface area contributed by atoms with Gasteiger partial charge in [-0.25, -0.2) is 0 Å². The zero-order chi connectivity index (χ0) is 14.2. The number of para-hydroxylation sites is 1. The maximum absolute atomic E-state index is 8.98. The average molecular weight is 273 g/mol. The van der Waals surface area contributed by atoms with Gasteiger partial charge in [0.2, 0.25) is 0 Å². The van der Waals surface area contributed by atoms with Crippen LogP contribution in [0, 0.1) is 11.3 Å². The first kappa shape index (κ1) is 14.8. The Labute approximate surface area is 121 Å². The van der Waals surface area contributed by atoms with Crippen molar-refractivity contribution in [2.45, 2.75) is 13.3 Å². The van der Waals surface area contributed by atoms with Crippen LogP contribution in [0.2, 0.25) is 0 Å². The van der Waals surface area contributed by atoms with Crippen molar-refractivity contribution in [2.24, 2.45) is 0 Å². The minimum atomic E-state index is 0.615. The summed E-state index contributed by atoms with van der Waals surface area (Å²) in [6.45, 7) is 9.78. The van der Waals surface area contributed by atoms with Crippen LogP contribution in [0.4, 0.5) is 0 Å². The summed E-state index contributed by atoms with van der Waals surface area (Å²) in [6, 6.07) is 9.57. The Kier molecular flexibility index (Phi) is 5.85. The van der Waals surface area contributed by atoms with Crippen molar-refractivity contribution in [2.75, 3.05) is 45.9 Å². The Bertz CT molecular complexity index is 447. The number of likely N-dealkylation sites (N-methyl/N-ethyl adjacent to an activating group) is 1. The van der Waals surface area contributed by atoms with Crippen molar-refractivity contribution in [3.63, 3.8) is 0 Å². The van der Waals surface area contributed by atoms with Crippen LogP contribution >= 0.6 is 0 Å². The number of nitriles is 1. The summed E-state index contributed by atoms with van der Waals surface area (Å²) in [6.07, 6.45) is 1.01. The molecule has 1 saturated heterocycles. The summed E-state index contributed by atoms with van der Waals surface area (Å²) in [7, 11) is 0. The predicted octanol–water partition coefficient (Wildman–Crippen LogP) is 1.96. The van der Waals surface area contributed by atoms with Crippen molar-refractivity contribution < 1.29 is 4.74 Å². The third kappa shape index (κ3) is 4.22. The van der Waals surface area contributed by atoms with E-state index in [1.165, 1.54) is 13.1 Å². The minimum Gasteiger partial charge on any atom is -0.492 e. The van der Waals surface area contributed by atoms with Gasteiger partial charge in [0.25, 0.3) is 0 Å². The van der Waals surface area contributed by atoms with Crippen LogP contribution in [0.25, 0.3) is 0 Å². The molecule has 0 atom stereocenters. The monoisotopic (exact) mass is 273 g/mol. The number of nitrogens with zero attached hydrogens (tertiary/aromatic N) is 3. The van der Waals surface area contributed by atoms with Gasteiger partial charge >= 0.3 is 0 Å². The van der Waals surface area contributed by atoms with Crippen LogP contribution in [0.3, 0.4) is 0 Å².